The summed E-state index contributed by atoms with van der Waals surface area (Å²) >= 11 is 0. The molecule has 0 fully saturated rings. The Bertz CT molecular complexity index is 725. The first-order chi connectivity index (χ1) is 10.2. The zero-order valence-corrected chi connectivity index (χ0v) is 11.5. The highest BCUT2D eigenvalue weighted by molar-refractivity contribution is 6.05. The van der Waals surface area contributed by atoms with Gasteiger partial charge in [-0.1, -0.05) is 6.07 Å². The minimum absolute atomic E-state index is 0.0266. The van der Waals surface area contributed by atoms with Gasteiger partial charge in [0.1, 0.15) is 5.75 Å². The molecule has 0 unspecified atom stereocenters. The molecule has 1 aliphatic rings. The number of ether oxygens (including phenoxy) is 1. The molecule has 0 aliphatic carbocycles. The predicted octanol–water partition coefficient (Wildman–Crippen LogP) is 2.44. The molecule has 3 rings (SSSR count). The smallest absolute Gasteiger partial charge is 0.255 e. The van der Waals surface area contributed by atoms with Crippen LogP contribution in [0, 0.1) is 0 Å². The Morgan fingerprint density at radius 1 is 1.24 bits per heavy atom. The SMILES string of the molecule is COc1cccc(C(=O)Nc2ccc3c(c2)CC(=O)N3)c1. The van der Waals surface area contributed by atoms with E-state index in [1.165, 1.54) is 0 Å². The summed E-state index contributed by atoms with van der Waals surface area (Å²) in [6, 6.07) is 12.3. The zero-order chi connectivity index (χ0) is 14.8. The summed E-state index contributed by atoms with van der Waals surface area (Å²) < 4.78 is 5.10. The summed E-state index contributed by atoms with van der Waals surface area (Å²) in [6.45, 7) is 0. The maximum Gasteiger partial charge on any atom is 0.255 e. The topological polar surface area (TPSA) is 67.4 Å². The average Bonchev–Trinajstić information content (AvgIpc) is 2.86. The van der Waals surface area contributed by atoms with Crippen molar-refractivity contribution in [3.63, 3.8) is 0 Å². The van der Waals surface area contributed by atoms with Crippen LogP contribution < -0.4 is 15.4 Å². The molecule has 21 heavy (non-hydrogen) atoms. The third kappa shape index (κ3) is 2.72. The van der Waals surface area contributed by atoms with Gasteiger partial charge in [0.2, 0.25) is 5.91 Å². The maximum absolute atomic E-state index is 12.2. The second-order valence-electron chi connectivity index (χ2n) is 4.78. The van der Waals surface area contributed by atoms with Crippen LogP contribution in [0.15, 0.2) is 42.5 Å². The second kappa shape index (κ2) is 5.28. The van der Waals surface area contributed by atoms with E-state index >= 15 is 0 Å². The van der Waals surface area contributed by atoms with Gasteiger partial charge in [-0.15, -0.1) is 0 Å². The fraction of sp³-hybridized carbons (Fsp3) is 0.125. The number of nitrogens with one attached hydrogen (secondary N) is 2. The van der Waals surface area contributed by atoms with Gasteiger partial charge >= 0.3 is 0 Å². The number of methoxy groups -OCH3 is 1. The molecule has 0 saturated carbocycles. The number of anilines is 2. The van der Waals surface area contributed by atoms with Gasteiger partial charge in [-0.2, -0.15) is 0 Å². The van der Waals surface area contributed by atoms with Crippen molar-refractivity contribution in [1.29, 1.82) is 0 Å². The quantitative estimate of drug-likeness (QED) is 0.908. The Labute approximate surface area is 121 Å². The third-order valence-electron chi connectivity index (χ3n) is 3.32. The van der Waals surface area contributed by atoms with E-state index in [0.717, 1.165) is 11.3 Å². The molecular weight excluding hydrogens is 268 g/mol. The molecule has 1 heterocycles. The van der Waals surface area contributed by atoms with Crippen LogP contribution in [0.4, 0.5) is 11.4 Å². The summed E-state index contributed by atoms with van der Waals surface area (Å²) in [4.78, 5) is 23.5. The summed E-state index contributed by atoms with van der Waals surface area (Å²) in [5.74, 6) is 0.388. The van der Waals surface area contributed by atoms with Gasteiger partial charge in [-0.3, -0.25) is 9.59 Å². The molecule has 2 aromatic rings. The molecule has 5 heteroatoms. The molecule has 2 aromatic carbocycles. The van der Waals surface area contributed by atoms with E-state index in [1.807, 2.05) is 6.07 Å². The van der Waals surface area contributed by atoms with E-state index in [2.05, 4.69) is 10.6 Å². The molecule has 2 N–H and O–H groups in total. The number of hydrogen-bond donors (Lipinski definition) is 2. The van der Waals surface area contributed by atoms with E-state index in [1.54, 1.807) is 43.5 Å². The van der Waals surface area contributed by atoms with Crippen LogP contribution in [-0.4, -0.2) is 18.9 Å². The molecule has 0 radical (unpaired) electrons. The van der Waals surface area contributed by atoms with E-state index in [-0.39, 0.29) is 11.8 Å². The van der Waals surface area contributed by atoms with Crippen LogP contribution in [0.5, 0.6) is 5.75 Å². The van der Waals surface area contributed by atoms with E-state index in [4.69, 9.17) is 4.74 Å². The minimum atomic E-state index is -0.217. The first-order valence-corrected chi connectivity index (χ1v) is 6.54. The van der Waals surface area contributed by atoms with Crippen molar-refractivity contribution in [3.05, 3.63) is 53.6 Å². The molecule has 0 atom stereocenters. The highest BCUT2D eigenvalue weighted by Gasteiger charge is 2.18. The number of hydrogen-bond acceptors (Lipinski definition) is 3. The van der Waals surface area contributed by atoms with Crippen molar-refractivity contribution < 1.29 is 14.3 Å². The summed E-state index contributed by atoms with van der Waals surface area (Å²) in [6.07, 6.45) is 0.345. The number of fused-ring (bicyclic) bond motifs is 1. The third-order valence-corrected chi connectivity index (χ3v) is 3.32. The van der Waals surface area contributed by atoms with Gasteiger partial charge < -0.3 is 15.4 Å². The number of rotatable bonds is 3. The van der Waals surface area contributed by atoms with Gasteiger partial charge in [0.05, 0.1) is 13.5 Å². The van der Waals surface area contributed by atoms with Gasteiger partial charge in [0.25, 0.3) is 5.91 Å². The Kier molecular flexibility index (Phi) is 3.31. The van der Waals surface area contributed by atoms with Crippen LogP contribution in [0.25, 0.3) is 0 Å². The van der Waals surface area contributed by atoms with Crippen LogP contribution in [0.2, 0.25) is 0 Å². The maximum atomic E-state index is 12.2. The lowest BCUT2D eigenvalue weighted by molar-refractivity contribution is -0.115. The molecule has 0 spiro atoms. The van der Waals surface area contributed by atoms with Crippen molar-refractivity contribution in [2.45, 2.75) is 6.42 Å². The molecule has 5 nitrogen and oxygen atoms in total. The Hall–Kier alpha value is -2.82. The fourth-order valence-electron chi connectivity index (χ4n) is 2.27. The normalized spacial score (nSPS) is 12.5. The van der Waals surface area contributed by atoms with Gasteiger partial charge in [-0.05, 0) is 42.0 Å². The first-order valence-electron chi connectivity index (χ1n) is 6.54. The molecule has 0 saturated heterocycles. The van der Waals surface area contributed by atoms with Gasteiger partial charge in [0, 0.05) is 16.9 Å². The largest absolute Gasteiger partial charge is 0.497 e. The van der Waals surface area contributed by atoms with Crippen LogP contribution in [0.3, 0.4) is 0 Å². The van der Waals surface area contributed by atoms with Crippen molar-refractivity contribution in [2.75, 3.05) is 17.7 Å². The van der Waals surface area contributed by atoms with Crippen molar-refractivity contribution >= 4 is 23.2 Å². The van der Waals surface area contributed by atoms with E-state index < -0.39 is 0 Å². The summed E-state index contributed by atoms with van der Waals surface area (Å²) in [5.41, 5.74) is 2.88. The lowest BCUT2D eigenvalue weighted by Crippen LogP contribution is -2.12. The summed E-state index contributed by atoms with van der Waals surface area (Å²) in [7, 11) is 1.56. The molecule has 106 valence electrons. The Morgan fingerprint density at radius 3 is 2.90 bits per heavy atom. The van der Waals surface area contributed by atoms with Crippen molar-refractivity contribution in [3.8, 4) is 5.75 Å². The molecule has 0 bridgehead atoms. The number of carbonyl (C=O) groups is 2. The lowest BCUT2D eigenvalue weighted by Gasteiger charge is -2.08. The number of amides is 2. The molecule has 2 amide bonds. The predicted molar refractivity (Wildman–Crippen MR) is 79.7 cm³/mol. The van der Waals surface area contributed by atoms with Gasteiger partial charge in [-0.25, -0.2) is 0 Å². The monoisotopic (exact) mass is 282 g/mol. The lowest BCUT2D eigenvalue weighted by atomic mass is 10.1. The number of benzene rings is 2. The fourth-order valence-corrected chi connectivity index (χ4v) is 2.27. The van der Waals surface area contributed by atoms with E-state index in [9.17, 15) is 9.59 Å². The van der Waals surface area contributed by atoms with Crippen LogP contribution in [-0.2, 0) is 11.2 Å². The molecule has 0 aromatic heterocycles. The Morgan fingerprint density at radius 2 is 2.10 bits per heavy atom. The van der Waals surface area contributed by atoms with Crippen LogP contribution >= 0.6 is 0 Å². The van der Waals surface area contributed by atoms with Crippen LogP contribution in [0.1, 0.15) is 15.9 Å². The number of carbonyl (C=O) groups excluding carboxylic acids is 2. The van der Waals surface area contributed by atoms with E-state index in [0.29, 0.717) is 23.4 Å². The zero-order valence-electron chi connectivity index (χ0n) is 11.5. The standard InChI is InChI=1S/C16H14N2O3/c1-21-13-4-2-3-10(8-13)16(20)17-12-5-6-14-11(7-12)9-15(19)18-14/h2-8H,9H2,1H3,(H,17,20)(H,18,19). The van der Waals surface area contributed by atoms with Crippen molar-refractivity contribution in [2.24, 2.45) is 0 Å². The molecule has 1 aliphatic heterocycles. The average molecular weight is 282 g/mol. The van der Waals surface area contributed by atoms with Crippen molar-refractivity contribution in [1.82, 2.24) is 0 Å². The Balaban J connectivity index is 1.79. The highest BCUT2D eigenvalue weighted by atomic mass is 16.5. The van der Waals surface area contributed by atoms with Gasteiger partial charge in [0.15, 0.2) is 0 Å². The summed E-state index contributed by atoms with van der Waals surface area (Å²) in [5, 5.41) is 5.58. The molecular formula is C16H14N2O3. The highest BCUT2D eigenvalue weighted by Crippen LogP contribution is 2.26. The second-order valence-corrected chi connectivity index (χ2v) is 4.78. The first kappa shape index (κ1) is 13.2. The minimum Gasteiger partial charge on any atom is -0.497 e.